The Hall–Kier alpha value is 5.96. The molecule has 0 saturated heterocycles. The molecular formula is C27H44Ar6O. The fraction of sp³-hybridized carbons (Fsp3) is 0.556. The first-order valence-electron chi connectivity index (χ1n) is 11.0. The minimum atomic E-state index is 0. The molecule has 0 aliphatic heterocycles. The van der Waals surface area contributed by atoms with E-state index >= 15 is 0 Å². The average molecular weight is 624 g/mol. The molecule has 0 N–H and O–H groups in total. The molecule has 1 nitrogen and oxygen atoms in total. The topological polar surface area (TPSA) is 9.23 Å². The van der Waals surface area contributed by atoms with Gasteiger partial charge < -0.3 is 4.74 Å². The SMILES string of the molecule is CC.CC.CCc1cccc2c1CC(C)c1c-2cccc1C(C)(C)C.COC.[Ar].[Ar].[Ar].[Ar].[Ar].[Ar]. The van der Waals surface area contributed by atoms with Gasteiger partial charge in [0.15, 0.2) is 0 Å². The minimum Gasteiger partial charge on any atom is -0.388 e. The van der Waals surface area contributed by atoms with Gasteiger partial charge in [-0.15, -0.1) is 0 Å². The Balaban J connectivity index is -0.000000102. The molecule has 0 radical (unpaired) electrons. The van der Waals surface area contributed by atoms with Crippen molar-refractivity contribution < 1.29 is 231 Å². The van der Waals surface area contributed by atoms with Gasteiger partial charge in [-0.25, -0.2) is 0 Å². The van der Waals surface area contributed by atoms with Gasteiger partial charge in [0.25, 0.3) is 0 Å². The zero-order valence-electron chi connectivity index (χ0n) is 22.5. The van der Waals surface area contributed by atoms with Crippen molar-refractivity contribution in [1.29, 1.82) is 0 Å². The third kappa shape index (κ3) is 17.8. The summed E-state index contributed by atoms with van der Waals surface area (Å²) >= 11 is 0. The van der Waals surface area contributed by atoms with Crippen molar-refractivity contribution in [2.45, 2.75) is 86.5 Å². The number of benzene rings is 2. The number of hydrogen-bond acceptors (Lipinski definition) is 1. The maximum atomic E-state index is 4.25. The Bertz CT molecular complexity index is 715. The molecule has 0 aromatic heterocycles. The second-order valence-electron chi connectivity index (χ2n) is 7.83. The van der Waals surface area contributed by atoms with E-state index in [4.69, 9.17) is 0 Å². The van der Waals surface area contributed by atoms with Crippen LogP contribution in [0.2, 0.25) is 0 Å². The van der Waals surface area contributed by atoms with Gasteiger partial charge in [0.05, 0.1) is 0 Å². The van der Waals surface area contributed by atoms with E-state index in [0.717, 1.165) is 6.42 Å². The van der Waals surface area contributed by atoms with Gasteiger partial charge >= 0.3 is 0 Å². The predicted molar refractivity (Wildman–Crippen MR) is 128 cm³/mol. The molecular weight excluding hydrogens is 580 g/mol. The quantitative estimate of drug-likeness (QED) is 0.311. The Morgan fingerprint density at radius 3 is 1.59 bits per heavy atom. The van der Waals surface area contributed by atoms with E-state index in [9.17, 15) is 0 Å². The Morgan fingerprint density at radius 2 is 1.18 bits per heavy atom. The Kier molecular flexibility index (Phi) is 52.4. The van der Waals surface area contributed by atoms with Gasteiger partial charge in [-0.05, 0) is 57.6 Å². The zero-order chi connectivity index (χ0) is 21.9. The van der Waals surface area contributed by atoms with Crippen molar-refractivity contribution in [3.05, 3.63) is 58.7 Å². The number of fused-ring (bicyclic) bond motifs is 3. The molecule has 34 heavy (non-hydrogen) atoms. The van der Waals surface area contributed by atoms with Crippen LogP contribution in [0.1, 0.15) is 90.5 Å². The smallest absolute Gasteiger partial charge is 0.0351 e. The summed E-state index contributed by atoms with van der Waals surface area (Å²) in [5.41, 5.74) is 9.32. The van der Waals surface area contributed by atoms with Crippen molar-refractivity contribution in [1.82, 2.24) is 0 Å². The van der Waals surface area contributed by atoms with Crippen molar-refractivity contribution in [2.75, 3.05) is 14.2 Å². The number of methoxy groups -OCH3 is 1. The summed E-state index contributed by atoms with van der Waals surface area (Å²) in [6.07, 6.45) is 2.31. The first-order valence-corrected chi connectivity index (χ1v) is 11.0. The standard InChI is InChI=1S/C21H26.C2H6O.2C2H6.6Ar/c1-6-15-9-7-10-16-17-11-8-12-19(21(3,4)5)20(17)14(2)13-18(15)16;1-3-2;2*1-2;;;;;;/h7-12,14H,6,13H2,1-5H3;1-2H3;2*1-2H3;;;;;;. The van der Waals surface area contributed by atoms with E-state index in [-0.39, 0.29) is 232 Å². The molecule has 0 fully saturated rings. The van der Waals surface area contributed by atoms with Crippen LogP contribution in [0.5, 0.6) is 0 Å². The second kappa shape index (κ2) is 31.9. The van der Waals surface area contributed by atoms with Crippen molar-refractivity contribution in [3.63, 3.8) is 0 Å². The van der Waals surface area contributed by atoms with Crippen LogP contribution in [-0.2, 0) is 23.0 Å². The Morgan fingerprint density at radius 1 is 0.765 bits per heavy atom. The number of hydrogen-bond donors (Lipinski definition) is 0. The molecule has 2 aromatic rings. The summed E-state index contributed by atoms with van der Waals surface area (Å²) in [5.74, 6) is 0.607. The van der Waals surface area contributed by atoms with Crippen LogP contribution in [-0.4, -0.2) is 14.2 Å². The molecule has 7 heteroatoms. The van der Waals surface area contributed by atoms with E-state index in [1.54, 1.807) is 25.3 Å². The first-order chi connectivity index (χ1) is 13.3. The third-order valence-electron chi connectivity index (χ3n) is 4.86. The van der Waals surface area contributed by atoms with Gasteiger partial charge in [-0.3, -0.25) is 0 Å². The van der Waals surface area contributed by atoms with E-state index in [1.807, 2.05) is 27.7 Å². The van der Waals surface area contributed by atoms with Gasteiger partial charge in [0.2, 0.25) is 0 Å². The van der Waals surface area contributed by atoms with Crippen LogP contribution in [0.15, 0.2) is 36.4 Å². The van der Waals surface area contributed by atoms with Crippen LogP contribution >= 0.6 is 0 Å². The van der Waals surface area contributed by atoms with Crippen LogP contribution < -0.4 is 0 Å². The summed E-state index contributed by atoms with van der Waals surface area (Å²) in [5, 5.41) is 0. The molecule has 1 atom stereocenters. The molecule has 0 heterocycles. The van der Waals surface area contributed by atoms with Crippen LogP contribution in [0.4, 0.5) is 0 Å². The summed E-state index contributed by atoms with van der Waals surface area (Å²) < 4.78 is 4.25. The van der Waals surface area contributed by atoms with Crippen molar-refractivity contribution in [2.24, 2.45) is 0 Å². The van der Waals surface area contributed by atoms with E-state index in [0.29, 0.717) is 5.92 Å². The number of aryl methyl sites for hydroxylation is 1. The van der Waals surface area contributed by atoms with Gasteiger partial charge in [-0.2, -0.15) is 0 Å². The fourth-order valence-electron chi connectivity index (χ4n) is 3.85. The normalized spacial score (nSPS) is 11.6. The summed E-state index contributed by atoms with van der Waals surface area (Å²) in [4.78, 5) is 0. The molecule has 206 valence electrons. The van der Waals surface area contributed by atoms with Crippen LogP contribution in [0.3, 0.4) is 0 Å². The minimum absolute atomic E-state index is 0. The van der Waals surface area contributed by atoms with E-state index in [1.165, 1.54) is 28.7 Å². The molecule has 3 rings (SSSR count). The molecule has 2 aromatic carbocycles. The average Bonchev–Trinajstić information content (AvgIpc) is 2.70. The molecule has 0 bridgehead atoms. The van der Waals surface area contributed by atoms with Crippen molar-refractivity contribution in [3.8, 4) is 11.1 Å². The molecule has 0 saturated carbocycles. The Labute approximate surface area is 392 Å². The zero-order valence-corrected chi connectivity index (χ0v) is 26.7. The summed E-state index contributed by atoms with van der Waals surface area (Å²) in [7, 11) is 3.25. The maximum absolute atomic E-state index is 4.25. The van der Waals surface area contributed by atoms with Gasteiger partial charge in [0, 0.05) is 241 Å². The summed E-state index contributed by atoms with van der Waals surface area (Å²) in [6.45, 7) is 19.6. The first kappa shape index (κ1) is 55.8. The molecule has 0 amide bonds. The van der Waals surface area contributed by atoms with Crippen molar-refractivity contribution >= 4 is 0 Å². The summed E-state index contributed by atoms with van der Waals surface area (Å²) in [6, 6.07) is 13.7. The van der Waals surface area contributed by atoms with Gasteiger partial charge in [0.1, 0.15) is 0 Å². The van der Waals surface area contributed by atoms with Gasteiger partial charge in [-0.1, -0.05) is 98.7 Å². The fourth-order valence-corrected chi connectivity index (χ4v) is 3.85. The van der Waals surface area contributed by atoms with Crippen LogP contribution in [0, 0.1) is 226 Å². The van der Waals surface area contributed by atoms with E-state index in [2.05, 4.69) is 75.8 Å². The molecule has 1 aliphatic rings. The second-order valence-corrected chi connectivity index (χ2v) is 7.83. The number of ether oxygens (including phenoxy) is 1. The number of rotatable bonds is 1. The predicted octanol–water partition coefficient (Wildman–Crippen LogP) is 8.19. The molecule has 0 spiro atoms. The maximum Gasteiger partial charge on any atom is 0.0351 e. The molecule has 1 unspecified atom stereocenters. The monoisotopic (exact) mass is 624 g/mol. The largest absolute Gasteiger partial charge is 0.388 e. The third-order valence-corrected chi connectivity index (χ3v) is 4.86. The van der Waals surface area contributed by atoms with Crippen LogP contribution in [0.25, 0.3) is 11.1 Å². The van der Waals surface area contributed by atoms with E-state index < -0.39 is 0 Å². The molecule has 1 aliphatic carbocycles.